The van der Waals surface area contributed by atoms with E-state index in [9.17, 15) is 9.18 Å². The molecule has 1 amide bonds. The fourth-order valence-corrected chi connectivity index (χ4v) is 2.28. The Kier molecular flexibility index (Phi) is 4.58. The van der Waals surface area contributed by atoms with Gasteiger partial charge in [0.1, 0.15) is 5.82 Å². The van der Waals surface area contributed by atoms with E-state index in [-0.39, 0.29) is 11.7 Å². The molecule has 21 heavy (non-hydrogen) atoms. The number of hydrogen-bond donors (Lipinski definition) is 1. The summed E-state index contributed by atoms with van der Waals surface area (Å²) in [5.74, 6) is -0.477. The molecule has 2 N–H and O–H groups in total. The molecule has 3 nitrogen and oxygen atoms in total. The topological polar surface area (TPSA) is 46.3 Å². The first-order valence-electron chi connectivity index (χ1n) is 6.96. The summed E-state index contributed by atoms with van der Waals surface area (Å²) in [7, 11) is 0. The van der Waals surface area contributed by atoms with Crippen molar-refractivity contribution in [3.05, 3.63) is 59.4 Å². The molecular weight excluding hydrogens is 267 g/mol. The maximum Gasteiger partial charge on any atom is 0.258 e. The third-order valence-electron chi connectivity index (χ3n) is 3.29. The van der Waals surface area contributed by atoms with Gasteiger partial charge in [0, 0.05) is 23.5 Å². The number of nitrogens with two attached hydrogens (primary N) is 1. The highest BCUT2D eigenvalue weighted by Crippen LogP contribution is 2.22. The lowest BCUT2D eigenvalue weighted by atomic mass is 10.1. The molecule has 110 valence electrons. The van der Waals surface area contributed by atoms with Gasteiger partial charge in [0.15, 0.2) is 0 Å². The van der Waals surface area contributed by atoms with Crippen LogP contribution in [0.25, 0.3) is 0 Å². The maximum absolute atomic E-state index is 13.2. The van der Waals surface area contributed by atoms with Crippen molar-refractivity contribution in [1.29, 1.82) is 0 Å². The number of amides is 1. The van der Waals surface area contributed by atoms with Crippen molar-refractivity contribution in [2.75, 3.05) is 17.2 Å². The quantitative estimate of drug-likeness (QED) is 0.870. The monoisotopic (exact) mass is 286 g/mol. The minimum atomic E-state index is -0.338. The van der Waals surface area contributed by atoms with Gasteiger partial charge in [0.2, 0.25) is 0 Å². The van der Waals surface area contributed by atoms with Crippen LogP contribution in [0.5, 0.6) is 0 Å². The van der Waals surface area contributed by atoms with Crippen molar-refractivity contribution in [2.45, 2.75) is 20.3 Å². The predicted octanol–water partition coefficient (Wildman–Crippen LogP) is 3.77. The largest absolute Gasteiger partial charge is 0.399 e. The standard InChI is InChI=1S/C17H19FN2O/c1-3-9-20(15-6-4-5-14(19)11-15)17(21)16-8-7-13(18)10-12(16)2/h4-8,10-11H,3,9,19H2,1-2H3. The predicted molar refractivity (Wildman–Crippen MR) is 84.0 cm³/mol. The highest BCUT2D eigenvalue weighted by molar-refractivity contribution is 6.07. The van der Waals surface area contributed by atoms with Crippen molar-refractivity contribution in [3.8, 4) is 0 Å². The Morgan fingerprint density at radius 2 is 2.00 bits per heavy atom. The SMILES string of the molecule is CCCN(C(=O)c1ccc(F)cc1C)c1cccc(N)c1. The third-order valence-corrected chi connectivity index (χ3v) is 3.29. The summed E-state index contributed by atoms with van der Waals surface area (Å²) in [6, 6.07) is 11.4. The molecule has 0 bridgehead atoms. The molecule has 0 heterocycles. The zero-order valence-corrected chi connectivity index (χ0v) is 12.3. The molecule has 0 aliphatic rings. The molecule has 0 atom stereocenters. The Labute approximate surface area is 124 Å². The van der Waals surface area contributed by atoms with Crippen LogP contribution in [0.4, 0.5) is 15.8 Å². The van der Waals surface area contributed by atoms with Gasteiger partial charge in [-0.05, 0) is 55.3 Å². The van der Waals surface area contributed by atoms with E-state index in [0.717, 1.165) is 12.1 Å². The van der Waals surface area contributed by atoms with E-state index < -0.39 is 0 Å². The molecule has 2 aromatic rings. The molecular formula is C17H19FN2O. The molecule has 2 aromatic carbocycles. The van der Waals surface area contributed by atoms with Crippen molar-refractivity contribution in [3.63, 3.8) is 0 Å². The van der Waals surface area contributed by atoms with Gasteiger partial charge in [-0.25, -0.2) is 4.39 Å². The third kappa shape index (κ3) is 3.40. The second-order valence-electron chi connectivity index (χ2n) is 5.01. The van der Waals surface area contributed by atoms with E-state index >= 15 is 0 Å². The number of rotatable bonds is 4. The summed E-state index contributed by atoms with van der Waals surface area (Å²) in [5, 5.41) is 0. The summed E-state index contributed by atoms with van der Waals surface area (Å²) in [6.07, 6.45) is 0.820. The Bertz CT molecular complexity index is 655. The Balaban J connectivity index is 2.40. The summed E-state index contributed by atoms with van der Waals surface area (Å²) < 4.78 is 13.2. The number of carbonyl (C=O) groups excluding carboxylic acids is 1. The normalized spacial score (nSPS) is 10.4. The van der Waals surface area contributed by atoms with Gasteiger partial charge in [-0.3, -0.25) is 4.79 Å². The average Bonchev–Trinajstić information content (AvgIpc) is 2.44. The lowest BCUT2D eigenvalue weighted by Gasteiger charge is -2.23. The van der Waals surface area contributed by atoms with Crippen molar-refractivity contribution < 1.29 is 9.18 Å². The van der Waals surface area contributed by atoms with Crippen LogP contribution in [0.3, 0.4) is 0 Å². The highest BCUT2D eigenvalue weighted by Gasteiger charge is 2.19. The van der Waals surface area contributed by atoms with Crippen molar-refractivity contribution in [1.82, 2.24) is 0 Å². The summed E-state index contributed by atoms with van der Waals surface area (Å²) in [6.45, 7) is 4.32. The van der Waals surface area contributed by atoms with E-state index in [4.69, 9.17) is 5.73 Å². The molecule has 0 saturated heterocycles. The second kappa shape index (κ2) is 6.39. The van der Waals surface area contributed by atoms with E-state index in [1.165, 1.54) is 18.2 Å². The zero-order chi connectivity index (χ0) is 15.4. The van der Waals surface area contributed by atoms with Gasteiger partial charge in [-0.1, -0.05) is 13.0 Å². The minimum Gasteiger partial charge on any atom is -0.399 e. The number of halogens is 1. The molecule has 0 aliphatic carbocycles. The van der Waals surface area contributed by atoms with Crippen molar-refractivity contribution >= 4 is 17.3 Å². The fraction of sp³-hybridized carbons (Fsp3) is 0.235. The number of carbonyl (C=O) groups is 1. The molecule has 0 aromatic heterocycles. The number of nitrogen functional groups attached to an aromatic ring is 1. The smallest absolute Gasteiger partial charge is 0.258 e. The van der Waals surface area contributed by atoms with Crippen LogP contribution in [0, 0.1) is 12.7 Å². The first kappa shape index (κ1) is 15.0. The summed E-state index contributed by atoms with van der Waals surface area (Å²) in [4.78, 5) is 14.4. The van der Waals surface area contributed by atoms with E-state index in [2.05, 4.69) is 0 Å². The molecule has 0 spiro atoms. The molecule has 0 radical (unpaired) electrons. The maximum atomic E-state index is 13.2. The lowest BCUT2D eigenvalue weighted by molar-refractivity contribution is 0.0986. The van der Waals surface area contributed by atoms with Gasteiger partial charge in [0.25, 0.3) is 5.91 Å². The summed E-state index contributed by atoms with van der Waals surface area (Å²) in [5.41, 5.74) is 8.29. The first-order chi connectivity index (χ1) is 10.0. The van der Waals surface area contributed by atoms with E-state index in [1.54, 1.807) is 24.0 Å². The van der Waals surface area contributed by atoms with Gasteiger partial charge < -0.3 is 10.6 Å². The van der Waals surface area contributed by atoms with Gasteiger partial charge >= 0.3 is 0 Å². The number of nitrogens with zero attached hydrogens (tertiary/aromatic N) is 1. The average molecular weight is 286 g/mol. The van der Waals surface area contributed by atoms with Crippen LogP contribution in [0.15, 0.2) is 42.5 Å². The first-order valence-corrected chi connectivity index (χ1v) is 6.96. The van der Waals surface area contributed by atoms with Crippen LogP contribution < -0.4 is 10.6 Å². The van der Waals surface area contributed by atoms with Crippen LogP contribution in [0.1, 0.15) is 29.3 Å². The number of benzene rings is 2. The Hall–Kier alpha value is -2.36. The van der Waals surface area contributed by atoms with Gasteiger partial charge in [-0.2, -0.15) is 0 Å². The van der Waals surface area contributed by atoms with Crippen LogP contribution in [-0.2, 0) is 0 Å². The Morgan fingerprint density at radius 1 is 1.24 bits per heavy atom. The van der Waals surface area contributed by atoms with Crippen LogP contribution in [0.2, 0.25) is 0 Å². The van der Waals surface area contributed by atoms with E-state index in [1.807, 2.05) is 19.1 Å². The zero-order valence-electron chi connectivity index (χ0n) is 12.3. The fourth-order valence-electron chi connectivity index (χ4n) is 2.28. The molecule has 0 saturated carbocycles. The Morgan fingerprint density at radius 3 is 2.62 bits per heavy atom. The molecule has 0 aliphatic heterocycles. The number of anilines is 2. The molecule has 0 unspecified atom stereocenters. The van der Waals surface area contributed by atoms with Crippen LogP contribution in [-0.4, -0.2) is 12.5 Å². The molecule has 4 heteroatoms. The summed E-state index contributed by atoms with van der Waals surface area (Å²) >= 11 is 0. The number of hydrogen-bond acceptors (Lipinski definition) is 2. The van der Waals surface area contributed by atoms with Crippen molar-refractivity contribution in [2.24, 2.45) is 0 Å². The second-order valence-corrected chi connectivity index (χ2v) is 5.01. The van der Waals surface area contributed by atoms with Gasteiger partial charge in [-0.15, -0.1) is 0 Å². The molecule has 0 fully saturated rings. The van der Waals surface area contributed by atoms with Crippen LogP contribution >= 0.6 is 0 Å². The van der Waals surface area contributed by atoms with E-state index in [0.29, 0.717) is 23.4 Å². The minimum absolute atomic E-state index is 0.139. The lowest BCUT2D eigenvalue weighted by Crippen LogP contribution is -2.32. The highest BCUT2D eigenvalue weighted by atomic mass is 19.1. The number of aryl methyl sites for hydroxylation is 1. The van der Waals surface area contributed by atoms with Gasteiger partial charge in [0.05, 0.1) is 0 Å². The molecule has 2 rings (SSSR count).